The fraction of sp³-hybridized carbons (Fsp3) is 0.311. The molecule has 2 aliphatic rings. The maximum Gasteiger partial charge on any atom is 0.416 e. The third kappa shape index (κ3) is 17.5. The van der Waals surface area contributed by atoms with Crippen molar-refractivity contribution in [3.05, 3.63) is 149 Å². The maximum atomic E-state index is 15.7. The van der Waals surface area contributed by atoms with E-state index in [0.717, 1.165) is 46.4 Å². The Morgan fingerprint density at radius 1 is 0.795 bits per heavy atom. The minimum atomic E-state index is -4.91. The van der Waals surface area contributed by atoms with E-state index in [0.29, 0.717) is 77.8 Å². The van der Waals surface area contributed by atoms with Crippen LogP contribution in [-0.2, 0) is 64.2 Å². The number of hydrogen-bond acceptors (Lipinski definition) is 14. The molecule has 0 bridgehead atoms. The molecular weight excluding hydrogens is 1190 g/mol. The Morgan fingerprint density at radius 3 is 2.28 bits per heavy atom. The third-order valence-electron chi connectivity index (χ3n) is 14.1. The second-order valence-electron chi connectivity index (χ2n) is 20.4. The van der Waals surface area contributed by atoms with Crippen LogP contribution in [-0.4, -0.2) is 108 Å². The normalized spacial score (nSPS) is 13.7. The first-order valence-electron chi connectivity index (χ1n) is 28.3. The zero-order valence-corrected chi connectivity index (χ0v) is 49.5. The van der Waals surface area contributed by atoms with E-state index < -0.39 is 41.7 Å². The number of amides is 5. The number of aromatic amines is 1. The Bertz CT molecular complexity index is 3690. The molecule has 0 saturated carbocycles. The van der Waals surface area contributed by atoms with E-state index in [1.807, 2.05) is 67.6 Å². The summed E-state index contributed by atoms with van der Waals surface area (Å²) in [6.45, 7) is -0.679. The van der Waals surface area contributed by atoms with E-state index >= 15 is 4.39 Å². The van der Waals surface area contributed by atoms with Gasteiger partial charge in [0, 0.05) is 65.0 Å². The van der Waals surface area contributed by atoms with E-state index in [9.17, 15) is 37.2 Å². The molecule has 0 radical (unpaired) electrons. The summed E-state index contributed by atoms with van der Waals surface area (Å²) in [5.74, 6) is -2.73. The van der Waals surface area contributed by atoms with Crippen LogP contribution in [0, 0.1) is 12.7 Å². The number of urea groups is 1. The Balaban J connectivity index is 0.701. The number of benzene rings is 5. The summed E-state index contributed by atoms with van der Waals surface area (Å²) in [5, 5.41) is 22.8. The number of carbonyl (C=O) groups excluding carboxylic acids is 4. The Morgan fingerprint density at radius 2 is 1.52 bits per heavy atom. The zero-order chi connectivity index (χ0) is 62.2. The minimum absolute atomic E-state index is 0.0106. The molecule has 5 amide bonds. The van der Waals surface area contributed by atoms with Crippen LogP contribution < -0.4 is 41.1 Å². The van der Waals surface area contributed by atoms with Crippen LogP contribution in [0.1, 0.15) is 66.5 Å². The standard InChI is InChI=1S/C61H65F4N10O11PS/c1-39-16-17-44(36-49(39)68-43-18-19-46-48(35-42-12-10-23-66-42)59(78)70-50(46)37-43)69-60(79)71-51-33-41(61(63,64)65)34-53(56(51)62)85-32-31-84-30-29-83-28-27-82-26-24-75-58-47-14-6-7-15-52(47)74(38-40-11-4-5-13-45(40)57(58)72-73-75)55(77)21-20-54(76)67-22-8-2-3-9-25-86-87(80,81)88/h4-7,10-19,23,33-37,66,68H,2-3,8-9,20-22,24-32,38H2,1H3,(H,67,76)(H,70,78)(H2,69,71,79)(H2,80,81,88)/p-1/b48-35-. The van der Waals surface area contributed by atoms with Gasteiger partial charge in [-0.25, -0.2) is 13.9 Å². The number of ether oxygens (including phenoxy) is 4. The molecule has 464 valence electrons. The number of nitrogens with zero attached hydrogens (tertiary/aromatic N) is 4. The van der Waals surface area contributed by atoms with Crippen molar-refractivity contribution >= 4 is 88.1 Å². The number of aromatic nitrogens is 4. The topological polar surface area (TPSA) is 268 Å². The molecule has 21 nitrogen and oxygen atoms in total. The fourth-order valence-corrected chi connectivity index (χ4v) is 10.4. The highest BCUT2D eigenvalue weighted by molar-refractivity contribution is 8.06. The zero-order valence-electron chi connectivity index (χ0n) is 47.8. The Hall–Kier alpha value is -8.33. The summed E-state index contributed by atoms with van der Waals surface area (Å²) in [5.41, 5.74) is 7.08. The molecule has 0 saturated heterocycles. The number of anilines is 6. The molecule has 9 rings (SSSR count). The molecule has 7 aromatic rings. The van der Waals surface area contributed by atoms with Gasteiger partial charge in [-0.15, -0.1) is 5.10 Å². The number of carbonyl (C=O) groups is 4. The highest BCUT2D eigenvalue weighted by Gasteiger charge is 2.34. The van der Waals surface area contributed by atoms with Crippen LogP contribution in [0.2, 0.25) is 0 Å². The number of hydrogen-bond donors (Lipinski definition) is 7. The quantitative estimate of drug-likeness (QED) is 0.00995. The molecular formula is C61H64F4N10O11PS-. The van der Waals surface area contributed by atoms with Crippen LogP contribution in [0.5, 0.6) is 5.75 Å². The molecule has 0 aliphatic carbocycles. The van der Waals surface area contributed by atoms with E-state index in [2.05, 4.69) is 53.7 Å². The molecule has 2 aliphatic heterocycles. The van der Waals surface area contributed by atoms with Gasteiger partial charge in [0.15, 0.2) is 11.6 Å². The number of alkyl halides is 3. The van der Waals surface area contributed by atoms with Crippen molar-refractivity contribution in [3.8, 4) is 28.3 Å². The summed E-state index contributed by atoms with van der Waals surface area (Å²) in [7, 11) is 0. The van der Waals surface area contributed by atoms with Crippen molar-refractivity contribution in [2.24, 2.45) is 0 Å². The lowest BCUT2D eigenvalue weighted by Gasteiger charge is -2.28. The largest absolute Gasteiger partial charge is 0.780 e. The van der Waals surface area contributed by atoms with Gasteiger partial charge in [0.1, 0.15) is 19.0 Å². The fourth-order valence-electron chi connectivity index (χ4n) is 9.77. The van der Waals surface area contributed by atoms with Crippen LogP contribution >= 0.6 is 6.72 Å². The third-order valence-corrected chi connectivity index (χ3v) is 14.9. The van der Waals surface area contributed by atoms with Crippen molar-refractivity contribution in [1.29, 1.82) is 0 Å². The minimum Gasteiger partial charge on any atom is -0.780 e. The smallest absolute Gasteiger partial charge is 0.416 e. The molecule has 4 heterocycles. The van der Waals surface area contributed by atoms with Crippen LogP contribution in [0.15, 0.2) is 115 Å². The predicted octanol–water partition coefficient (Wildman–Crippen LogP) is 10.3. The molecule has 1 unspecified atom stereocenters. The van der Waals surface area contributed by atoms with Gasteiger partial charge in [0.25, 0.3) is 5.91 Å². The monoisotopic (exact) mass is 1250 g/mol. The first kappa shape index (κ1) is 64.2. The Labute approximate surface area is 509 Å². The number of para-hydroxylation sites is 1. The highest BCUT2D eigenvalue weighted by atomic mass is 32.5. The van der Waals surface area contributed by atoms with Crippen LogP contribution in [0.25, 0.3) is 34.2 Å². The summed E-state index contributed by atoms with van der Waals surface area (Å²) in [4.78, 5) is 77.6. The first-order valence-corrected chi connectivity index (χ1v) is 30.9. The second kappa shape index (κ2) is 30.1. The predicted molar refractivity (Wildman–Crippen MR) is 325 cm³/mol. The molecule has 27 heteroatoms. The summed E-state index contributed by atoms with van der Waals surface area (Å²) in [6.07, 6.45) is 1.32. The molecule has 2 aromatic heterocycles. The van der Waals surface area contributed by atoms with Gasteiger partial charge >= 0.3 is 12.2 Å². The number of halogens is 4. The molecule has 88 heavy (non-hydrogen) atoms. The molecule has 0 spiro atoms. The lowest BCUT2D eigenvalue weighted by molar-refractivity contribution is -0.201. The maximum absolute atomic E-state index is 15.7. The SMILES string of the molecule is Cc1ccc(NC(=O)Nc2cc(C(F)(F)F)cc(OCCOCCOCCOCCn3nnc4c3-c3ccccc3N(C(=O)CCC(=O)NCCCCCCOP([O-])(O)=S)Cc3ccccc3-4)c2F)cc1Nc1ccc2c(c1)NC(=O)/C2=C\c1ccc[nH]1. The van der Waals surface area contributed by atoms with Gasteiger partial charge in [-0.05, 0) is 91.6 Å². The van der Waals surface area contributed by atoms with Crippen molar-refractivity contribution in [3.63, 3.8) is 0 Å². The number of H-pyrrole nitrogens is 1. The van der Waals surface area contributed by atoms with Gasteiger partial charge in [-0.2, -0.15) is 13.2 Å². The Kier molecular flexibility index (Phi) is 21.9. The average Bonchev–Trinajstić information content (AvgIpc) is 1.74. The van der Waals surface area contributed by atoms with Gasteiger partial charge in [0.2, 0.25) is 11.8 Å². The summed E-state index contributed by atoms with van der Waals surface area (Å²) >= 11 is 4.34. The van der Waals surface area contributed by atoms with Crippen molar-refractivity contribution in [1.82, 2.24) is 25.3 Å². The summed E-state index contributed by atoms with van der Waals surface area (Å²) < 4.78 is 86.7. The van der Waals surface area contributed by atoms with Crippen LogP contribution in [0.4, 0.5) is 56.5 Å². The van der Waals surface area contributed by atoms with E-state index in [-0.39, 0.29) is 95.7 Å². The van der Waals surface area contributed by atoms with E-state index in [1.165, 1.54) is 0 Å². The molecule has 0 fully saturated rings. The number of aryl methyl sites for hydroxylation is 1. The van der Waals surface area contributed by atoms with Crippen LogP contribution in [0.3, 0.4) is 0 Å². The second-order valence-corrected chi connectivity index (χ2v) is 23.0. The van der Waals surface area contributed by atoms with Gasteiger partial charge < -0.3 is 69.7 Å². The van der Waals surface area contributed by atoms with Gasteiger partial charge in [-0.1, -0.05) is 84.5 Å². The average molecular weight is 1250 g/mol. The lowest BCUT2D eigenvalue weighted by Crippen LogP contribution is -2.33. The van der Waals surface area contributed by atoms with Crippen molar-refractivity contribution < 1.29 is 70.0 Å². The molecule has 7 N–H and O–H groups in total. The van der Waals surface area contributed by atoms with Crippen molar-refractivity contribution in [2.45, 2.75) is 64.7 Å². The van der Waals surface area contributed by atoms with E-state index in [1.54, 1.807) is 58.3 Å². The highest BCUT2D eigenvalue weighted by Crippen LogP contribution is 2.42. The van der Waals surface area contributed by atoms with E-state index in [4.69, 9.17) is 28.4 Å². The number of rotatable bonds is 29. The number of nitrogens with one attached hydrogen (secondary N) is 6. The molecule has 5 aromatic carbocycles. The van der Waals surface area contributed by atoms with Gasteiger partial charge in [-0.3, -0.25) is 14.4 Å². The first-order chi connectivity index (χ1) is 42.4. The number of fused-ring (bicyclic) bond motifs is 6. The van der Waals surface area contributed by atoms with Crippen molar-refractivity contribution in [2.75, 3.05) is 85.6 Å². The summed E-state index contributed by atoms with van der Waals surface area (Å²) in [6, 6.07) is 28.9. The number of unbranched alkanes of at least 4 members (excludes halogenated alkanes) is 3. The van der Waals surface area contributed by atoms with Gasteiger partial charge in [0.05, 0.1) is 93.2 Å². The molecule has 1 atom stereocenters. The lowest BCUT2D eigenvalue weighted by atomic mass is 9.95.